The van der Waals surface area contributed by atoms with Crippen molar-refractivity contribution in [3.05, 3.63) is 35.9 Å². The van der Waals surface area contributed by atoms with Crippen LogP contribution in [0.4, 0.5) is 0 Å². The summed E-state index contributed by atoms with van der Waals surface area (Å²) in [4.78, 5) is 0. The monoisotopic (exact) mass is 205 g/mol. The average molecular weight is 205 g/mol. The standard InChI is InChI=1S/C8H9NS2.Na/c10-8(11)9-6-7-4-2-1-3-5-7;/h1-5H,6H2,(H2,9,10,11);/q;+1/p-1. The first-order valence-corrected chi connectivity index (χ1v) is 4.09. The van der Waals surface area contributed by atoms with Crippen molar-refractivity contribution >= 4 is 29.2 Å². The maximum absolute atomic E-state index is 4.70. The quantitative estimate of drug-likeness (QED) is 0.363. The van der Waals surface area contributed by atoms with Gasteiger partial charge in [-0.15, -0.1) is 0 Å². The third-order valence-electron chi connectivity index (χ3n) is 1.28. The van der Waals surface area contributed by atoms with Crippen molar-refractivity contribution in [3.8, 4) is 0 Å². The minimum atomic E-state index is 0. The average Bonchev–Trinajstić information content (AvgIpc) is 2.03. The molecule has 0 unspecified atom stereocenters. The molecule has 58 valence electrons. The van der Waals surface area contributed by atoms with Gasteiger partial charge in [0.05, 0.1) is 0 Å². The molecule has 0 fully saturated rings. The van der Waals surface area contributed by atoms with Crippen LogP contribution in [0, 0.1) is 0 Å². The maximum atomic E-state index is 4.70. The van der Waals surface area contributed by atoms with Crippen LogP contribution in [0.3, 0.4) is 0 Å². The van der Waals surface area contributed by atoms with Gasteiger partial charge in [0.15, 0.2) is 0 Å². The Balaban J connectivity index is 0.00000121. The summed E-state index contributed by atoms with van der Waals surface area (Å²) >= 11 is 9.40. The van der Waals surface area contributed by atoms with Crippen molar-refractivity contribution in [2.45, 2.75) is 6.54 Å². The van der Waals surface area contributed by atoms with Crippen LogP contribution in [-0.2, 0) is 19.2 Å². The van der Waals surface area contributed by atoms with E-state index in [0.29, 0.717) is 4.32 Å². The van der Waals surface area contributed by atoms with E-state index in [-0.39, 0.29) is 29.6 Å². The van der Waals surface area contributed by atoms with Gasteiger partial charge < -0.3 is 30.2 Å². The van der Waals surface area contributed by atoms with Crippen LogP contribution >= 0.6 is 12.2 Å². The molecular formula is C8H8NNaS2. The molecule has 0 aliphatic rings. The van der Waals surface area contributed by atoms with E-state index < -0.39 is 0 Å². The summed E-state index contributed by atoms with van der Waals surface area (Å²) in [5, 5.41) is 2.91. The molecule has 1 rings (SSSR count). The molecule has 0 radical (unpaired) electrons. The van der Waals surface area contributed by atoms with Gasteiger partial charge in [-0.05, 0) is 5.56 Å². The second-order valence-electron chi connectivity index (χ2n) is 2.13. The summed E-state index contributed by atoms with van der Waals surface area (Å²) in [7, 11) is 0. The Morgan fingerprint density at radius 1 is 1.33 bits per heavy atom. The van der Waals surface area contributed by atoms with Gasteiger partial charge in [0.25, 0.3) is 0 Å². The smallest absolute Gasteiger partial charge is 0.412 e. The molecule has 0 saturated carbocycles. The topological polar surface area (TPSA) is 12.0 Å². The van der Waals surface area contributed by atoms with E-state index in [1.54, 1.807) is 0 Å². The van der Waals surface area contributed by atoms with E-state index in [2.05, 4.69) is 5.32 Å². The van der Waals surface area contributed by atoms with Crippen LogP contribution in [0.2, 0.25) is 0 Å². The van der Waals surface area contributed by atoms with Gasteiger partial charge in [-0.2, -0.15) is 0 Å². The number of hydrogen-bond acceptors (Lipinski definition) is 2. The normalized spacial score (nSPS) is 8.33. The van der Waals surface area contributed by atoms with Crippen molar-refractivity contribution in [1.82, 2.24) is 5.32 Å². The molecule has 1 nitrogen and oxygen atoms in total. The fourth-order valence-corrected chi connectivity index (χ4v) is 0.914. The molecule has 1 N–H and O–H groups in total. The number of thiocarbonyl (C=S) groups is 1. The second kappa shape index (κ2) is 6.80. The molecule has 0 saturated heterocycles. The molecule has 0 aliphatic carbocycles. The first-order chi connectivity index (χ1) is 5.29. The van der Waals surface area contributed by atoms with Gasteiger partial charge in [0.1, 0.15) is 0 Å². The molecule has 0 bridgehead atoms. The van der Waals surface area contributed by atoms with Crippen LogP contribution in [-0.4, -0.2) is 4.32 Å². The summed E-state index contributed by atoms with van der Waals surface area (Å²) in [6.07, 6.45) is 0. The summed E-state index contributed by atoms with van der Waals surface area (Å²) in [5.74, 6) is 0. The molecule has 0 spiro atoms. The minimum Gasteiger partial charge on any atom is -0.412 e. The van der Waals surface area contributed by atoms with Gasteiger partial charge in [0, 0.05) is 6.54 Å². The van der Waals surface area contributed by atoms with E-state index >= 15 is 0 Å². The fourth-order valence-electron chi connectivity index (χ4n) is 0.770. The van der Waals surface area contributed by atoms with E-state index in [4.69, 9.17) is 24.8 Å². The van der Waals surface area contributed by atoms with Crippen molar-refractivity contribution < 1.29 is 29.6 Å². The van der Waals surface area contributed by atoms with Crippen molar-refractivity contribution in [2.75, 3.05) is 0 Å². The summed E-state index contributed by atoms with van der Waals surface area (Å²) in [6.45, 7) is 0.725. The van der Waals surface area contributed by atoms with Gasteiger partial charge in [-0.25, -0.2) is 0 Å². The number of hydrogen-bond donors (Lipinski definition) is 1. The van der Waals surface area contributed by atoms with Crippen molar-refractivity contribution in [3.63, 3.8) is 0 Å². The number of nitrogens with one attached hydrogen (secondary N) is 1. The SMILES string of the molecule is S=C([S-])NCc1ccccc1.[Na+]. The number of rotatable bonds is 2. The van der Waals surface area contributed by atoms with Gasteiger partial charge in [0.2, 0.25) is 0 Å². The van der Waals surface area contributed by atoms with Crippen molar-refractivity contribution in [2.24, 2.45) is 0 Å². The molecule has 0 heterocycles. The van der Waals surface area contributed by atoms with Gasteiger partial charge >= 0.3 is 29.6 Å². The molecule has 0 aromatic heterocycles. The van der Waals surface area contributed by atoms with E-state index in [1.165, 1.54) is 5.56 Å². The zero-order chi connectivity index (χ0) is 8.10. The van der Waals surface area contributed by atoms with Gasteiger partial charge in [-0.1, -0.05) is 34.7 Å². The minimum absolute atomic E-state index is 0. The van der Waals surface area contributed by atoms with Crippen LogP contribution < -0.4 is 34.9 Å². The molecule has 12 heavy (non-hydrogen) atoms. The Kier molecular flexibility index (Phi) is 6.99. The Morgan fingerprint density at radius 2 is 1.92 bits per heavy atom. The Labute approximate surface area is 106 Å². The van der Waals surface area contributed by atoms with Crippen LogP contribution in [0.5, 0.6) is 0 Å². The summed E-state index contributed by atoms with van der Waals surface area (Å²) in [6, 6.07) is 10.0. The molecule has 1 aromatic carbocycles. The first-order valence-electron chi connectivity index (χ1n) is 3.28. The predicted octanol–water partition coefficient (Wildman–Crippen LogP) is -1.39. The molecule has 0 aliphatic heterocycles. The maximum Gasteiger partial charge on any atom is 1.00 e. The first kappa shape index (κ1) is 12.3. The van der Waals surface area contributed by atoms with E-state index in [0.717, 1.165) is 6.54 Å². The fraction of sp³-hybridized carbons (Fsp3) is 0.125. The van der Waals surface area contributed by atoms with Crippen molar-refractivity contribution in [1.29, 1.82) is 0 Å². The molecular weight excluding hydrogens is 197 g/mol. The Hall–Kier alpha value is 0.330. The Morgan fingerprint density at radius 3 is 2.42 bits per heavy atom. The van der Waals surface area contributed by atoms with Crippen LogP contribution in [0.25, 0.3) is 0 Å². The molecule has 0 atom stereocenters. The molecule has 1 aromatic rings. The third-order valence-corrected chi connectivity index (χ3v) is 1.57. The zero-order valence-electron chi connectivity index (χ0n) is 6.91. The predicted molar refractivity (Wildman–Crippen MR) is 53.2 cm³/mol. The largest absolute Gasteiger partial charge is 1.00 e. The zero-order valence-corrected chi connectivity index (χ0v) is 10.5. The van der Waals surface area contributed by atoms with E-state index in [9.17, 15) is 0 Å². The van der Waals surface area contributed by atoms with Gasteiger partial charge in [-0.3, -0.25) is 0 Å². The van der Waals surface area contributed by atoms with Crippen LogP contribution in [0.15, 0.2) is 30.3 Å². The molecule has 4 heteroatoms. The Bertz CT molecular complexity index is 238. The second-order valence-corrected chi connectivity index (χ2v) is 3.20. The summed E-state index contributed by atoms with van der Waals surface area (Å²) in [5.41, 5.74) is 1.19. The molecule has 0 amide bonds. The summed E-state index contributed by atoms with van der Waals surface area (Å²) < 4.78 is 0.425. The van der Waals surface area contributed by atoms with Crippen LogP contribution in [0.1, 0.15) is 5.56 Å². The third kappa shape index (κ3) is 5.06. The number of benzene rings is 1. The van der Waals surface area contributed by atoms with E-state index in [1.807, 2.05) is 30.3 Å².